The van der Waals surface area contributed by atoms with Crippen LogP contribution in [0.4, 0.5) is 19.0 Å². The van der Waals surface area contributed by atoms with Crippen molar-refractivity contribution in [3.8, 4) is 23.1 Å². The normalized spacial score (nSPS) is 15.8. The van der Waals surface area contributed by atoms with Crippen LogP contribution >= 0.6 is 0 Å². The number of hydrogen-bond acceptors (Lipinski definition) is 7. The summed E-state index contributed by atoms with van der Waals surface area (Å²) in [5, 5.41) is 17.2. The van der Waals surface area contributed by atoms with E-state index in [9.17, 15) is 18.4 Å². The van der Waals surface area contributed by atoms with E-state index in [0.29, 0.717) is 23.4 Å². The smallest absolute Gasteiger partial charge is 0.419 e. The van der Waals surface area contributed by atoms with E-state index in [1.165, 1.54) is 16.8 Å². The van der Waals surface area contributed by atoms with Crippen LogP contribution in [0.5, 0.6) is 5.75 Å². The minimum Gasteiger partial charge on any atom is -0.493 e. The molecular formula is C26H24F3N7O. The minimum absolute atomic E-state index is 0.000861. The third-order valence-electron chi connectivity index (χ3n) is 6.58. The van der Waals surface area contributed by atoms with Gasteiger partial charge in [-0.3, -0.25) is 0 Å². The van der Waals surface area contributed by atoms with Gasteiger partial charge in [-0.15, -0.1) is 5.10 Å². The molecule has 1 aliphatic heterocycles. The largest absolute Gasteiger partial charge is 0.493 e. The lowest BCUT2D eigenvalue weighted by Crippen LogP contribution is -2.21. The molecule has 0 unspecified atom stereocenters. The molecule has 1 saturated heterocycles. The highest BCUT2D eigenvalue weighted by Gasteiger charge is 2.35. The Balaban J connectivity index is 1.31. The van der Waals surface area contributed by atoms with Gasteiger partial charge in [-0.1, -0.05) is 11.3 Å². The van der Waals surface area contributed by atoms with Gasteiger partial charge < -0.3 is 9.64 Å². The second-order valence-corrected chi connectivity index (χ2v) is 9.19. The number of benzene rings is 1. The first-order chi connectivity index (χ1) is 17.7. The van der Waals surface area contributed by atoms with Crippen molar-refractivity contribution in [2.45, 2.75) is 25.9 Å². The molecule has 8 nitrogen and oxygen atoms in total. The average molecular weight is 508 g/mol. The molecular weight excluding hydrogens is 483 g/mol. The van der Waals surface area contributed by atoms with Crippen LogP contribution in [-0.4, -0.2) is 44.7 Å². The quantitative estimate of drug-likeness (QED) is 0.366. The van der Waals surface area contributed by atoms with E-state index in [1.807, 2.05) is 31.3 Å². The zero-order valence-corrected chi connectivity index (χ0v) is 20.3. The van der Waals surface area contributed by atoms with E-state index < -0.39 is 11.7 Å². The third-order valence-corrected chi connectivity index (χ3v) is 6.58. The molecule has 4 aromatic rings. The second kappa shape index (κ2) is 9.69. The zero-order chi connectivity index (χ0) is 26.2. The monoisotopic (exact) mass is 507 g/mol. The molecule has 0 amide bonds. The number of fused-ring (bicyclic) bond motifs is 1. The van der Waals surface area contributed by atoms with Gasteiger partial charge in [0.05, 0.1) is 23.4 Å². The van der Waals surface area contributed by atoms with Gasteiger partial charge in [0.15, 0.2) is 5.69 Å². The maximum Gasteiger partial charge on any atom is 0.419 e. The number of nitriles is 1. The molecule has 190 valence electrons. The van der Waals surface area contributed by atoms with Crippen LogP contribution in [0.2, 0.25) is 0 Å². The number of anilines is 1. The highest BCUT2D eigenvalue weighted by atomic mass is 19.4. The van der Waals surface area contributed by atoms with Crippen molar-refractivity contribution in [2.75, 3.05) is 24.6 Å². The Morgan fingerprint density at radius 2 is 2.03 bits per heavy atom. The molecule has 5 rings (SSSR count). The molecule has 0 radical (unpaired) electrons. The van der Waals surface area contributed by atoms with Crippen LogP contribution in [0.3, 0.4) is 0 Å². The van der Waals surface area contributed by atoms with Crippen LogP contribution in [-0.2, 0) is 13.2 Å². The standard InChI is InChI=1S/C26H24F3N7O/c1-16-3-6-24(31-14-16)36-9-7-17(15-36)8-10-37-23-5-4-18(11-19(23)26(27,28)29)20-12-22-25(21(13-30)32-20)33-34-35(22)2/h3-6,11-12,14,17H,7-10,15H2,1-2H3/t17-/m0/s1. The maximum atomic E-state index is 14.0. The fraction of sp³-hybridized carbons (Fsp3) is 0.346. The Morgan fingerprint density at radius 3 is 2.76 bits per heavy atom. The summed E-state index contributed by atoms with van der Waals surface area (Å²) < 4.78 is 49.0. The highest BCUT2D eigenvalue weighted by Crippen LogP contribution is 2.39. The molecule has 1 atom stereocenters. The summed E-state index contributed by atoms with van der Waals surface area (Å²) in [7, 11) is 1.64. The van der Waals surface area contributed by atoms with Gasteiger partial charge in [-0.05, 0) is 61.6 Å². The number of pyridine rings is 2. The van der Waals surface area contributed by atoms with E-state index in [-0.39, 0.29) is 29.3 Å². The molecule has 3 aromatic heterocycles. The van der Waals surface area contributed by atoms with E-state index in [1.54, 1.807) is 13.1 Å². The Kier molecular flexibility index (Phi) is 6.41. The number of aromatic nitrogens is 5. The van der Waals surface area contributed by atoms with Crippen molar-refractivity contribution in [2.24, 2.45) is 13.0 Å². The topological polar surface area (TPSA) is 92.8 Å². The van der Waals surface area contributed by atoms with Crippen molar-refractivity contribution in [3.05, 3.63) is 59.4 Å². The van der Waals surface area contributed by atoms with Crippen molar-refractivity contribution >= 4 is 16.9 Å². The lowest BCUT2D eigenvalue weighted by Gasteiger charge is -2.18. The highest BCUT2D eigenvalue weighted by molar-refractivity contribution is 5.83. The van der Waals surface area contributed by atoms with Gasteiger partial charge in [0, 0.05) is 31.9 Å². The van der Waals surface area contributed by atoms with Gasteiger partial charge in [-0.25, -0.2) is 14.6 Å². The summed E-state index contributed by atoms with van der Waals surface area (Å²) in [4.78, 5) is 10.9. The fourth-order valence-corrected chi connectivity index (χ4v) is 4.55. The van der Waals surface area contributed by atoms with Crippen LogP contribution < -0.4 is 9.64 Å². The summed E-state index contributed by atoms with van der Waals surface area (Å²) in [5.41, 5.74) is 1.45. The molecule has 1 fully saturated rings. The van der Waals surface area contributed by atoms with Crippen LogP contribution in [0, 0.1) is 24.2 Å². The molecule has 0 N–H and O–H groups in total. The first-order valence-corrected chi connectivity index (χ1v) is 11.9. The van der Waals surface area contributed by atoms with E-state index in [0.717, 1.165) is 37.0 Å². The third kappa shape index (κ3) is 5.05. The molecule has 1 aromatic carbocycles. The molecule has 4 heterocycles. The van der Waals surface area contributed by atoms with Crippen LogP contribution in [0.1, 0.15) is 29.7 Å². The van der Waals surface area contributed by atoms with Gasteiger partial charge in [0.1, 0.15) is 23.2 Å². The molecule has 0 bridgehead atoms. The number of nitrogens with zero attached hydrogens (tertiary/aromatic N) is 7. The lowest BCUT2D eigenvalue weighted by molar-refractivity contribution is -0.138. The summed E-state index contributed by atoms with van der Waals surface area (Å²) >= 11 is 0. The number of aryl methyl sites for hydroxylation is 2. The predicted molar refractivity (Wildman–Crippen MR) is 131 cm³/mol. The van der Waals surface area contributed by atoms with Crippen molar-refractivity contribution in [3.63, 3.8) is 0 Å². The minimum atomic E-state index is -4.62. The first-order valence-electron chi connectivity index (χ1n) is 11.9. The summed E-state index contributed by atoms with van der Waals surface area (Å²) in [5.74, 6) is 0.997. The van der Waals surface area contributed by atoms with Crippen LogP contribution in [0.25, 0.3) is 22.3 Å². The van der Waals surface area contributed by atoms with Gasteiger partial charge in [0.25, 0.3) is 0 Å². The Morgan fingerprint density at radius 1 is 1.19 bits per heavy atom. The Hall–Kier alpha value is -4.20. The molecule has 1 aliphatic rings. The van der Waals surface area contributed by atoms with Crippen molar-refractivity contribution < 1.29 is 17.9 Å². The summed E-state index contributed by atoms with van der Waals surface area (Å²) in [6, 6.07) is 11.4. The number of alkyl halides is 3. The molecule has 0 aliphatic carbocycles. The summed E-state index contributed by atoms with van der Waals surface area (Å²) in [6.07, 6.45) is -1.22. The van der Waals surface area contributed by atoms with Crippen LogP contribution in [0.15, 0.2) is 42.6 Å². The Bertz CT molecular complexity index is 1470. The first kappa shape index (κ1) is 24.5. The van der Waals surface area contributed by atoms with Gasteiger partial charge in [0.2, 0.25) is 0 Å². The van der Waals surface area contributed by atoms with Gasteiger partial charge in [-0.2, -0.15) is 18.4 Å². The SMILES string of the molecule is Cc1ccc(N2CC[C@@H](CCOc3ccc(-c4cc5c(nnn5C)c(C#N)n4)cc3C(F)(F)F)C2)nc1. The number of hydrogen-bond donors (Lipinski definition) is 0. The fourth-order valence-electron chi connectivity index (χ4n) is 4.55. The molecule has 0 saturated carbocycles. The molecule has 11 heteroatoms. The lowest BCUT2D eigenvalue weighted by atomic mass is 10.0. The molecule has 0 spiro atoms. The van der Waals surface area contributed by atoms with E-state index in [4.69, 9.17) is 4.74 Å². The molecule has 37 heavy (non-hydrogen) atoms. The number of rotatable bonds is 6. The van der Waals surface area contributed by atoms with Gasteiger partial charge >= 0.3 is 6.18 Å². The predicted octanol–water partition coefficient (Wildman–Crippen LogP) is 4.92. The number of ether oxygens (including phenoxy) is 1. The summed E-state index contributed by atoms with van der Waals surface area (Å²) in [6.45, 7) is 3.81. The van der Waals surface area contributed by atoms with Crippen molar-refractivity contribution in [1.29, 1.82) is 5.26 Å². The second-order valence-electron chi connectivity index (χ2n) is 9.19. The maximum absolute atomic E-state index is 14.0. The van der Waals surface area contributed by atoms with E-state index >= 15 is 0 Å². The zero-order valence-electron chi connectivity index (χ0n) is 20.3. The average Bonchev–Trinajstić information content (AvgIpc) is 3.50. The Labute approximate surface area is 211 Å². The van der Waals surface area contributed by atoms with Crippen molar-refractivity contribution in [1.82, 2.24) is 25.0 Å². The number of halogens is 3. The van der Waals surface area contributed by atoms with E-state index in [2.05, 4.69) is 25.2 Å².